The summed E-state index contributed by atoms with van der Waals surface area (Å²) in [5, 5.41) is 0. The number of ether oxygens (including phenoxy) is 3. The standard InChI is InChI=1S/C33H45F4N5O4/c1-18-12-19(2)28(34)26(27(18)33(35,36)37)25-13-24-23(17-44-25)29(39-30(38-24)45-16-22-10-9-11-40(22)8)41-14-21(4)42(15-20(41)3)31(43)46-32(5,6)7/h12,20-22,25H,9-11,13-17H2,1-8H3/t20-,21+,22+,25?/m1/s1. The minimum absolute atomic E-state index is 0.0606. The topological polar surface area (TPSA) is 80.3 Å². The molecule has 0 radical (unpaired) electrons. The van der Waals surface area contributed by atoms with Crippen molar-refractivity contribution >= 4 is 11.9 Å². The van der Waals surface area contributed by atoms with Crippen LogP contribution in [0.5, 0.6) is 6.01 Å². The summed E-state index contributed by atoms with van der Waals surface area (Å²) in [5.41, 5.74) is -1.03. The summed E-state index contributed by atoms with van der Waals surface area (Å²) in [7, 11) is 2.03. The summed E-state index contributed by atoms with van der Waals surface area (Å²) in [5.74, 6) is -0.388. The van der Waals surface area contributed by atoms with Crippen LogP contribution in [0.25, 0.3) is 0 Å². The molecule has 4 atom stereocenters. The normalized spacial score (nSPS) is 24.3. The second-order valence-electron chi connectivity index (χ2n) is 13.9. The fourth-order valence-corrected chi connectivity index (χ4v) is 6.75. The molecule has 1 amide bonds. The Balaban J connectivity index is 1.51. The van der Waals surface area contributed by atoms with Gasteiger partial charge >= 0.3 is 18.3 Å². The van der Waals surface area contributed by atoms with Gasteiger partial charge in [0.2, 0.25) is 0 Å². The number of rotatable bonds is 5. The quantitative estimate of drug-likeness (QED) is 0.345. The number of alkyl halides is 3. The third kappa shape index (κ3) is 7.05. The van der Waals surface area contributed by atoms with Gasteiger partial charge in [0.25, 0.3) is 0 Å². The lowest BCUT2D eigenvalue weighted by Crippen LogP contribution is -2.59. The van der Waals surface area contributed by atoms with E-state index in [1.54, 1.807) is 4.90 Å². The Hall–Kier alpha value is -3.19. The number of aromatic nitrogens is 2. The van der Waals surface area contributed by atoms with Crippen LogP contribution in [-0.4, -0.2) is 82.9 Å². The van der Waals surface area contributed by atoms with Crippen molar-refractivity contribution in [2.75, 3.05) is 38.2 Å². The van der Waals surface area contributed by atoms with E-state index < -0.39 is 40.9 Å². The number of hydrogen-bond acceptors (Lipinski definition) is 8. The molecule has 13 heteroatoms. The average molecular weight is 652 g/mol. The lowest BCUT2D eigenvalue weighted by atomic mass is 9.90. The molecule has 4 heterocycles. The number of aryl methyl sites for hydroxylation is 2. The van der Waals surface area contributed by atoms with Gasteiger partial charge in [-0.05, 0) is 86.0 Å². The van der Waals surface area contributed by atoms with Crippen molar-refractivity contribution in [2.45, 2.75) is 110 Å². The van der Waals surface area contributed by atoms with E-state index in [9.17, 15) is 18.0 Å². The zero-order chi connectivity index (χ0) is 33.7. The third-order valence-corrected chi connectivity index (χ3v) is 9.11. The first kappa shape index (κ1) is 34.2. The van der Waals surface area contributed by atoms with Gasteiger partial charge in [-0.25, -0.2) is 9.18 Å². The van der Waals surface area contributed by atoms with Gasteiger partial charge in [-0.1, -0.05) is 6.07 Å². The molecule has 9 nitrogen and oxygen atoms in total. The number of fused-ring (bicyclic) bond motifs is 1. The molecule has 1 aromatic carbocycles. The summed E-state index contributed by atoms with van der Waals surface area (Å²) in [6.45, 7) is 14.1. The Morgan fingerprint density at radius 2 is 1.80 bits per heavy atom. The fourth-order valence-electron chi connectivity index (χ4n) is 6.75. The highest BCUT2D eigenvalue weighted by Crippen LogP contribution is 2.44. The monoisotopic (exact) mass is 651 g/mol. The van der Waals surface area contributed by atoms with E-state index in [4.69, 9.17) is 19.2 Å². The predicted octanol–water partition coefficient (Wildman–Crippen LogP) is 6.37. The Kier molecular flexibility index (Phi) is 9.49. The number of anilines is 1. The first-order chi connectivity index (χ1) is 21.4. The van der Waals surface area contributed by atoms with Gasteiger partial charge in [0.15, 0.2) is 0 Å². The van der Waals surface area contributed by atoms with E-state index in [1.807, 2.05) is 41.7 Å². The predicted molar refractivity (Wildman–Crippen MR) is 164 cm³/mol. The Morgan fingerprint density at radius 3 is 2.43 bits per heavy atom. The molecular formula is C33H45F4N5O4. The number of amides is 1. The second-order valence-corrected chi connectivity index (χ2v) is 13.9. The lowest BCUT2D eigenvalue weighted by molar-refractivity contribution is -0.140. The van der Waals surface area contributed by atoms with Crippen molar-refractivity contribution in [1.29, 1.82) is 0 Å². The van der Waals surface area contributed by atoms with Crippen LogP contribution in [0, 0.1) is 19.7 Å². The minimum Gasteiger partial charge on any atom is -0.462 e. The van der Waals surface area contributed by atoms with E-state index in [2.05, 4.69) is 14.8 Å². The molecule has 46 heavy (non-hydrogen) atoms. The van der Waals surface area contributed by atoms with Crippen LogP contribution in [0.15, 0.2) is 6.07 Å². The number of halogens is 4. The first-order valence-corrected chi connectivity index (χ1v) is 15.9. The van der Waals surface area contributed by atoms with Crippen LogP contribution in [0.2, 0.25) is 0 Å². The van der Waals surface area contributed by atoms with Crippen molar-refractivity contribution in [1.82, 2.24) is 19.8 Å². The van der Waals surface area contributed by atoms with Crippen LogP contribution in [-0.2, 0) is 28.7 Å². The maximum atomic E-state index is 15.5. The second kappa shape index (κ2) is 12.8. The summed E-state index contributed by atoms with van der Waals surface area (Å²) < 4.78 is 76.1. The Labute approximate surface area is 268 Å². The molecular weight excluding hydrogens is 606 g/mol. The molecule has 5 rings (SSSR count). The molecule has 0 bridgehead atoms. The van der Waals surface area contributed by atoms with Crippen molar-refractivity contribution in [3.05, 3.63) is 45.4 Å². The van der Waals surface area contributed by atoms with E-state index in [-0.39, 0.29) is 48.3 Å². The van der Waals surface area contributed by atoms with Crippen molar-refractivity contribution in [2.24, 2.45) is 0 Å². The van der Waals surface area contributed by atoms with Crippen molar-refractivity contribution in [3.8, 4) is 6.01 Å². The molecule has 3 aliphatic heterocycles. The largest absolute Gasteiger partial charge is 0.462 e. The highest BCUT2D eigenvalue weighted by molar-refractivity contribution is 5.69. The van der Waals surface area contributed by atoms with E-state index in [0.717, 1.165) is 19.4 Å². The molecule has 3 aliphatic rings. The molecule has 0 aliphatic carbocycles. The number of hydrogen-bond donors (Lipinski definition) is 0. The van der Waals surface area contributed by atoms with E-state index in [0.29, 0.717) is 36.8 Å². The number of piperazine rings is 1. The molecule has 2 aromatic rings. The fraction of sp³-hybridized carbons (Fsp3) is 0.667. The molecule has 0 spiro atoms. The zero-order valence-corrected chi connectivity index (χ0v) is 27.9. The van der Waals surface area contributed by atoms with Crippen LogP contribution in [0.3, 0.4) is 0 Å². The summed E-state index contributed by atoms with van der Waals surface area (Å²) in [6, 6.07) is 1.09. The third-order valence-electron chi connectivity index (χ3n) is 9.11. The molecule has 254 valence electrons. The molecule has 1 unspecified atom stereocenters. The number of likely N-dealkylation sites (N-methyl/N-ethyl adjacent to an activating group) is 1. The van der Waals surface area contributed by atoms with Gasteiger partial charge in [-0.3, -0.25) is 0 Å². The summed E-state index contributed by atoms with van der Waals surface area (Å²) in [4.78, 5) is 28.4. The van der Waals surface area contributed by atoms with Gasteiger partial charge in [0.1, 0.15) is 23.8 Å². The minimum atomic E-state index is -4.77. The smallest absolute Gasteiger partial charge is 0.417 e. The number of benzene rings is 1. The molecule has 0 saturated carbocycles. The summed E-state index contributed by atoms with van der Waals surface area (Å²) >= 11 is 0. The van der Waals surface area contributed by atoms with Crippen molar-refractivity contribution < 1.29 is 36.6 Å². The van der Waals surface area contributed by atoms with Gasteiger partial charge in [-0.2, -0.15) is 23.1 Å². The molecule has 0 N–H and O–H groups in total. The zero-order valence-electron chi connectivity index (χ0n) is 27.9. The highest BCUT2D eigenvalue weighted by Gasteiger charge is 2.42. The van der Waals surface area contributed by atoms with Crippen LogP contribution < -0.4 is 9.64 Å². The average Bonchev–Trinajstić information content (AvgIpc) is 3.36. The number of likely N-dealkylation sites (tertiary alicyclic amines) is 1. The van der Waals surface area contributed by atoms with E-state index >= 15 is 4.39 Å². The first-order valence-electron chi connectivity index (χ1n) is 15.9. The number of nitrogens with zero attached hydrogens (tertiary/aromatic N) is 5. The van der Waals surface area contributed by atoms with Gasteiger partial charge in [0.05, 0.1) is 24.0 Å². The van der Waals surface area contributed by atoms with Gasteiger partial charge in [0, 0.05) is 48.8 Å². The SMILES string of the molecule is Cc1cc(C)c(C(F)(F)F)c(C2Cc3nc(OC[C@@H]4CCCN4C)nc(N4C[C@H](C)N(C(=O)OC(C)(C)C)C[C@H]4C)c3CO2)c1F. The van der Waals surface area contributed by atoms with Crippen molar-refractivity contribution in [3.63, 3.8) is 0 Å². The maximum Gasteiger partial charge on any atom is 0.417 e. The summed E-state index contributed by atoms with van der Waals surface area (Å²) in [6.07, 6.45) is -4.44. The van der Waals surface area contributed by atoms with Crippen LogP contribution >= 0.6 is 0 Å². The van der Waals surface area contributed by atoms with Crippen LogP contribution in [0.1, 0.15) is 87.1 Å². The molecule has 1 aromatic heterocycles. The molecule has 2 saturated heterocycles. The number of carbonyl (C=O) groups is 1. The van der Waals surface area contributed by atoms with Crippen LogP contribution in [0.4, 0.5) is 28.2 Å². The van der Waals surface area contributed by atoms with Gasteiger partial charge < -0.3 is 28.9 Å². The lowest BCUT2D eigenvalue weighted by Gasteiger charge is -2.45. The number of carbonyl (C=O) groups excluding carboxylic acids is 1. The van der Waals surface area contributed by atoms with E-state index in [1.165, 1.54) is 19.9 Å². The Morgan fingerprint density at radius 1 is 1.09 bits per heavy atom. The Bertz CT molecular complexity index is 1460. The maximum absolute atomic E-state index is 15.5. The van der Waals surface area contributed by atoms with Gasteiger partial charge in [-0.15, -0.1) is 0 Å². The molecule has 2 fully saturated rings. The highest BCUT2D eigenvalue weighted by atomic mass is 19.4.